The standard InChI is InChI=1S/C19H20N4O3/c1-12-4-5-14(8-16(12)22-18(24)15-6-7-26-11-15)19(25)23(3)10-17-20-9-13(2)21-17/h4-9,11H,10H2,1-3H3,(H,20,21)(H,22,24). The smallest absolute Gasteiger partial charge is 0.258 e. The molecule has 0 aliphatic heterocycles. The molecule has 0 saturated carbocycles. The number of hydrogen-bond acceptors (Lipinski definition) is 4. The molecule has 0 aliphatic rings. The minimum absolute atomic E-state index is 0.155. The third-order valence-electron chi connectivity index (χ3n) is 4.01. The van der Waals surface area contributed by atoms with E-state index in [1.807, 2.05) is 19.9 Å². The normalized spacial score (nSPS) is 10.6. The first-order valence-electron chi connectivity index (χ1n) is 8.14. The number of H-pyrrole nitrogens is 1. The van der Waals surface area contributed by atoms with Crippen LogP contribution >= 0.6 is 0 Å². The molecular weight excluding hydrogens is 332 g/mol. The van der Waals surface area contributed by atoms with Crippen molar-refractivity contribution in [3.8, 4) is 0 Å². The van der Waals surface area contributed by atoms with Gasteiger partial charge in [-0.3, -0.25) is 9.59 Å². The van der Waals surface area contributed by atoms with Crippen LogP contribution in [0.25, 0.3) is 0 Å². The Morgan fingerprint density at radius 2 is 2.04 bits per heavy atom. The number of imidazole rings is 1. The Morgan fingerprint density at radius 1 is 1.23 bits per heavy atom. The lowest BCUT2D eigenvalue weighted by Gasteiger charge is -2.17. The number of aromatic nitrogens is 2. The predicted molar refractivity (Wildman–Crippen MR) is 97.0 cm³/mol. The van der Waals surface area contributed by atoms with Crippen LogP contribution in [-0.4, -0.2) is 33.7 Å². The monoisotopic (exact) mass is 352 g/mol. The van der Waals surface area contributed by atoms with E-state index in [9.17, 15) is 9.59 Å². The molecule has 0 aliphatic carbocycles. The highest BCUT2D eigenvalue weighted by molar-refractivity contribution is 6.05. The summed E-state index contributed by atoms with van der Waals surface area (Å²) in [4.78, 5) is 33.8. The summed E-state index contributed by atoms with van der Waals surface area (Å²) >= 11 is 0. The molecule has 3 aromatic rings. The van der Waals surface area contributed by atoms with Crippen molar-refractivity contribution in [1.29, 1.82) is 0 Å². The second kappa shape index (κ2) is 7.26. The molecule has 0 saturated heterocycles. The molecule has 26 heavy (non-hydrogen) atoms. The summed E-state index contributed by atoms with van der Waals surface area (Å²) in [7, 11) is 1.71. The van der Waals surface area contributed by atoms with Gasteiger partial charge in [0.25, 0.3) is 11.8 Å². The van der Waals surface area contributed by atoms with E-state index in [-0.39, 0.29) is 11.8 Å². The number of aryl methyl sites for hydroxylation is 2. The van der Waals surface area contributed by atoms with E-state index in [0.29, 0.717) is 23.4 Å². The maximum absolute atomic E-state index is 12.7. The van der Waals surface area contributed by atoms with Crippen molar-refractivity contribution >= 4 is 17.5 Å². The summed E-state index contributed by atoms with van der Waals surface area (Å²) in [5.74, 6) is 0.280. The molecule has 3 rings (SSSR count). The van der Waals surface area contributed by atoms with E-state index in [1.165, 1.54) is 12.5 Å². The zero-order chi connectivity index (χ0) is 18.7. The quantitative estimate of drug-likeness (QED) is 0.738. The highest BCUT2D eigenvalue weighted by Crippen LogP contribution is 2.19. The van der Waals surface area contributed by atoms with E-state index >= 15 is 0 Å². The molecule has 1 aromatic carbocycles. The van der Waals surface area contributed by atoms with Crippen molar-refractivity contribution in [3.63, 3.8) is 0 Å². The Labute approximate surface area is 151 Å². The number of rotatable bonds is 5. The topological polar surface area (TPSA) is 91.2 Å². The molecule has 2 heterocycles. The number of nitrogens with one attached hydrogen (secondary N) is 2. The number of nitrogens with zero attached hydrogens (tertiary/aromatic N) is 2. The molecule has 0 atom stereocenters. The van der Waals surface area contributed by atoms with Crippen molar-refractivity contribution in [2.45, 2.75) is 20.4 Å². The largest absolute Gasteiger partial charge is 0.472 e. The van der Waals surface area contributed by atoms with Gasteiger partial charge in [0.1, 0.15) is 12.1 Å². The van der Waals surface area contributed by atoms with Crippen LogP contribution < -0.4 is 5.32 Å². The Hall–Kier alpha value is -3.35. The van der Waals surface area contributed by atoms with Crippen LogP contribution in [0.1, 0.15) is 37.8 Å². The van der Waals surface area contributed by atoms with Crippen molar-refractivity contribution in [3.05, 3.63) is 71.2 Å². The van der Waals surface area contributed by atoms with Gasteiger partial charge >= 0.3 is 0 Å². The van der Waals surface area contributed by atoms with Crippen LogP contribution in [0.5, 0.6) is 0 Å². The lowest BCUT2D eigenvalue weighted by atomic mass is 10.1. The number of hydrogen-bond donors (Lipinski definition) is 2. The fourth-order valence-electron chi connectivity index (χ4n) is 2.54. The molecule has 0 spiro atoms. The summed E-state index contributed by atoms with van der Waals surface area (Å²) in [5, 5.41) is 2.81. The average Bonchev–Trinajstić information content (AvgIpc) is 3.28. The molecule has 2 N–H and O–H groups in total. The minimum atomic E-state index is -0.286. The Kier molecular flexibility index (Phi) is 4.88. The summed E-state index contributed by atoms with van der Waals surface area (Å²) < 4.78 is 4.92. The third kappa shape index (κ3) is 3.83. The number of furan rings is 1. The molecule has 0 unspecified atom stereocenters. The molecular formula is C19H20N4O3. The Bertz CT molecular complexity index is 928. The first-order chi connectivity index (χ1) is 12.4. The second-order valence-electron chi connectivity index (χ2n) is 6.17. The van der Waals surface area contributed by atoms with Gasteiger partial charge in [-0.15, -0.1) is 0 Å². The zero-order valence-corrected chi connectivity index (χ0v) is 14.9. The molecule has 0 radical (unpaired) electrons. The maximum Gasteiger partial charge on any atom is 0.258 e. The van der Waals surface area contributed by atoms with Crippen LogP contribution in [0.3, 0.4) is 0 Å². The molecule has 0 bridgehead atoms. The lowest BCUT2D eigenvalue weighted by Crippen LogP contribution is -2.27. The number of carbonyl (C=O) groups is 2. The SMILES string of the molecule is Cc1cnc(CN(C)C(=O)c2ccc(C)c(NC(=O)c3ccoc3)c2)[nH]1. The van der Waals surface area contributed by atoms with Gasteiger partial charge in [0, 0.05) is 30.2 Å². The van der Waals surface area contributed by atoms with Crippen LogP contribution in [-0.2, 0) is 6.54 Å². The summed E-state index contributed by atoms with van der Waals surface area (Å²) in [6.07, 6.45) is 4.54. The van der Waals surface area contributed by atoms with E-state index < -0.39 is 0 Å². The predicted octanol–water partition coefficient (Wildman–Crippen LogP) is 3.14. The maximum atomic E-state index is 12.7. The summed E-state index contributed by atoms with van der Waals surface area (Å²) in [5.41, 5.74) is 3.31. The molecule has 2 aromatic heterocycles. The Balaban J connectivity index is 1.75. The van der Waals surface area contributed by atoms with Gasteiger partial charge in [0.05, 0.1) is 18.4 Å². The van der Waals surface area contributed by atoms with Crippen LogP contribution in [0.15, 0.2) is 47.4 Å². The van der Waals surface area contributed by atoms with E-state index in [2.05, 4.69) is 15.3 Å². The van der Waals surface area contributed by atoms with Gasteiger partial charge in [-0.1, -0.05) is 6.07 Å². The molecule has 7 heteroatoms. The zero-order valence-electron chi connectivity index (χ0n) is 14.9. The Morgan fingerprint density at radius 3 is 2.69 bits per heavy atom. The summed E-state index contributed by atoms with van der Waals surface area (Å²) in [6.45, 7) is 4.15. The van der Waals surface area contributed by atoms with Crippen LogP contribution in [0.4, 0.5) is 5.69 Å². The number of anilines is 1. The molecule has 134 valence electrons. The number of aromatic amines is 1. The fraction of sp³-hybridized carbons (Fsp3) is 0.211. The van der Waals surface area contributed by atoms with Crippen molar-refractivity contribution in [1.82, 2.24) is 14.9 Å². The highest BCUT2D eigenvalue weighted by atomic mass is 16.3. The van der Waals surface area contributed by atoms with E-state index in [0.717, 1.165) is 17.1 Å². The first-order valence-corrected chi connectivity index (χ1v) is 8.14. The number of carbonyl (C=O) groups excluding carboxylic acids is 2. The van der Waals surface area contributed by atoms with Gasteiger partial charge < -0.3 is 19.6 Å². The first kappa shape index (κ1) is 17.5. The molecule has 7 nitrogen and oxygen atoms in total. The average molecular weight is 352 g/mol. The minimum Gasteiger partial charge on any atom is -0.472 e. The highest BCUT2D eigenvalue weighted by Gasteiger charge is 2.16. The fourth-order valence-corrected chi connectivity index (χ4v) is 2.54. The van der Waals surface area contributed by atoms with Crippen molar-refractivity contribution in [2.24, 2.45) is 0 Å². The van der Waals surface area contributed by atoms with Gasteiger partial charge in [0.15, 0.2) is 0 Å². The molecule has 0 fully saturated rings. The third-order valence-corrected chi connectivity index (χ3v) is 4.01. The van der Waals surface area contributed by atoms with Gasteiger partial charge in [-0.25, -0.2) is 4.98 Å². The van der Waals surface area contributed by atoms with Gasteiger partial charge in [-0.2, -0.15) is 0 Å². The van der Waals surface area contributed by atoms with Crippen LogP contribution in [0, 0.1) is 13.8 Å². The van der Waals surface area contributed by atoms with E-state index in [1.54, 1.807) is 36.3 Å². The van der Waals surface area contributed by atoms with Crippen molar-refractivity contribution < 1.29 is 14.0 Å². The lowest BCUT2D eigenvalue weighted by molar-refractivity contribution is 0.0781. The summed E-state index contributed by atoms with van der Waals surface area (Å²) in [6, 6.07) is 6.82. The second-order valence-corrected chi connectivity index (χ2v) is 6.17. The number of benzene rings is 1. The van der Waals surface area contributed by atoms with E-state index in [4.69, 9.17) is 4.42 Å². The van der Waals surface area contributed by atoms with Gasteiger partial charge in [0.2, 0.25) is 0 Å². The molecule has 2 amide bonds. The van der Waals surface area contributed by atoms with Gasteiger partial charge in [-0.05, 0) is 37.6 Å². The number of amides is 2. The van der Waals surface area contributed by atoms with Crippen molar-refractivity contribution in [2.75, 3.05) is 12.4 Å². The van der Waals surface area contributed by atoms with Crippen LogP contribution in [0.2, 0.25) is 0 Å².